The zero-order valence-corrected chi connectivity index (χ0v) is 10.2. The fourth-order valence-electron chi connectivity index (χ4n) is 2.46. The van der Waals surface area contributed by atoms with E-state index in [1.54, 1.807) is 12.1 Å². The monoisotopic (exact) mass is 235 g/mol. The molecule has 2 rings (SSSR count). The lowest BCUT2D eigenvalue weighted by Gasteiger charge is -2.29. The molecule has 0 aliphatic carbocycles. The molecule has 0 bridgehead atoms. The largest absolute Gasteiger partial charge is 0.306 e. The number of carbonyl (C=O) groups excluding carboxylic acids is 1. The van der Waals surface area contributed by atoms with Crippen LogP contribution in [-0.4, -0.2) is 30.8 Å². The van der Waals surface area contributed by atoms with Gasteiger partial charge in [0.2, 0.25) is 0 Å². The molecule has 1 aromatic rings. The third-order valence-electron chi connectivity index (χ3n) is 3.36. The van der Waals surface area contributed by atoms with Crippen molar-refractivity contribution in [1.29, 1.82) is 0 Å². The molecule has 0 radical (unpaired) electrons. The number of carbonyl (C=O) groups is 1. The van der Waals surface area contributed by atoms with Gasteiger partial charge < -0.3 is 4.90 Å². The lowest BCUT2D eigenvalue weighted by atomic mass is 9.91. The van der Waals surface area contributed by atoms with Crippen molar-refractivity contribution < 1.29 is 9.18 Å². The van der Waals surface area contributed by atoms with Crippen molar-refractivity contribution in [2.45, 2.75) is 19.3 Å². The Hall–Kier alpha value is -1.22. The van der Waals surface area contributed by atoms with E-state index in [-0.39, 0.29) is 11.6 Å². The first-order valence-corrected chi connectivity index (χ1v) is 6.12. The molecule has 0 spiro atoms. The number of piperidine rings is 1. The van der Waals surface area contributed by atoms with Gasteiger partial charge in [-0.15, -0.1) is 0 Å². The van der Waals surface area contributed by atoms with Gasteiger partial charge in [-0.25, -0.2) is 4.39 Å². The lowest BCUT2D eigenvalue weighted by Crippen LogP contribution is -2.33. The van der Waals surface area contributed by atoms with Crippen LogP contribution in [0.5, 0.6) is 0 Å². The second-order valence-corrected chi connectivity index (χ2v) is 4.90. The van der Waals surface area contributed by atoms with Crippen LogP contribution in [0.15, 0.2) is 24.3 Å². The summed E-state index contributed by atoms with van der Waals surface area (Å²) in [6.07, 6.45) is 2.87. The molecule has 1 unspecified atom stereocenters. The number of halogens is 1. The van der Waals surface area contributed by atoms with Gasteiger partial charge in [0, 0.05) is 18.5 Å². The van der Waals surface area contributed by atoms with E-state index in [2.05, 4.69) is 11.9 Å². The lowest BCUT2D eigenvalue weighted by molar-refractivity contribution is 0.0930. The van der Waals surface area contributed by atoms with Crippen LogP contribution in [-0.2, 0) is 0 Å². The Morgan fingerprint density at radius 2 is 2.12 bits per heavy atom. The molecule has 0 amide bonds. The normalized spacial score (nSPS) is 21.4. The maximum atomic E-state index is 12.7. The van der Waals surface area contributed by atoms with Gasteiger partial charge in [-0.05, 0) is 56.6 Å². The van der Waals surface area contributed by atoms with Crippen LogP contribution >= 0.6 is 0 Å². The van der Waals surface area contributed by atoms with Crippen LogP contribution in [0, 0.1) is 11.7 Å². The van der Waals surface area contributed by atoms with Crippen molar-refractivity contribution in [3.05, 3.63) is 35.6 Å². The summed E-state index contributed by atoms with van der Waals surface area (Å²) in [6, 6.07) is 5.84. The van der Waals surface area contributed by atoms with Gasteiger partial charge in [0.15, 0.2) is 5.78 Å². The quantitative estimate of drug-likeness (QED) is 0.751. The minimum absolute atomic E-state index is 0.130. The Morgan fingerprint density at radius 3 is 2.76 bits per heavy atom. The predicted molar refractivity (Wildman–Crippen MR) is 65.6 cm³/mol. The van der Waals surface area contributed by atoms with Gasteiger partial charge in [0.1, 0.15) is 5.82 Å². The highest BCUT2D eigenvalue weighted by molar-refractivity contribution is 5.96. The molecule has 1 fully saturated rings. The first-order valence-electron chi connectivity index (χ1n) is 6.12. The van der Waals surface area contributed by atoms with Crippen molar-refractivity contribution >= 4 is 5.78 Å². The summed E-state index contributed by atoms with van der Waals surface area (Å²) in [5.74, 6) is 0.288. The second kappa shape index (κ2) is 5.41. The number of rotatable bonds is 3. The molecule has 17 heavy (non-hydrogen) atoms. The van der Waals surface area contributed by atoms with Gasteiger partial charge in [-0.1, -0.05) is 0 Å². The van der Waals surface area contributed by atoms with E-state index in [4.69, 9.17) is 0 Å². The van der Waals surface area contributed by atoms with E-state index in [1.165, 1.54) is 12.1 Å². The van der Waals surface area contributed by atoms with Crippen LogP contribution in [0.4, 0.5) is 4.39 Å². The van der Waals surface area contributed by atoms with Crippen LogP contribution in [0.2, 0.25) is 0 Å². The van der Waals surface area contributed by atoms with Crippen molar-refractivity contribution in [1.82, 2.24) is 4.90 Å². The van der Waals surface area contributed by atoms with Gasteiger partial charge in [0.05, 0.1) is 0 Å². The van der Waals surface area contributed by atoms with Crippen LogP contribution in [0.1, 0.15) is 29.6 Å². The van der Waals surface area contributed by atoms with Crippen molar-refractivity contribution in [3.63, 3.8) is 0 Å². The fraction of sp³-hybridized carbons (Fsp3) is 0.500. The van der Waals surface area contributed by atoms with E-state index < -0.39 is 0 Å². The van der Waals surface area contributed by atoms with E-state index in [0.717, 1.165) is 25.9 Å². The predicted octanol–water partition coefficient (Wildman–Crippen LogP) is 2.74. The van der Waals surface area contributed by atoms with Crippen LogP contribution in [0.25, 0.3) is 0 Å². The maximum absolute atomic E-state index is 12.7. The molecule has 1 saturated heterocycles. The number of ketones is 1. The summed E-state index contributed by atoms with van der Waals surface area (Å²) >= 11 is 0. The third kappa shape index (κ3) is 3.37. The molecule has 1 aliphatic rings. The molecule has 1 aromatic carbocycles. The molecule has 0 saturated carbocycles. The Balaban J connectivity index is 1.94. The summed E-state index contributed by atoms with van der Waals surface area (Å²) in [5.41, 5.74) is 0.625. The van der Waals surface area contributed by atoms with Gasteiger partial charge in [-0.2, -0.15) is 0 Å². The maximum Gasteiger partial charge on any atom is 0.163 e. The van der Waals surface area contributed by atoms with Gasteiger partial charge >= 0.3 is 0 Å². The van der Waals surface area contributed by atoms with Crippen LogP contribution in [0.3, 0.4) is 0 Å². The van der Waals surface area contributed by atoms with E-state index >= 15 is 0 Å². The first-order chi connectivity index (χ1) is 8.15. The molecule has 0 aromatic heterocycles. The molecule has 3 heteroatoms. The highest BCUT2D eigenvalue weighted by atomic mass is 19.1. The SMILES string of the molecule is CN1CCCC(CC(=O)c2ccc(F)cc2)C1. The van der Waals surface area contributed by atoms with Crippen LogP contribution < -0.4 is 0 Å². The molecule has 2 nitrogen and oxygen atoms in total. The van der Waals surface area contributed by atoms with Gasteiger partial charge in [0.25, 0.3) is 0 Å². The molecule has 1 atom stereocenters. The summed E-state index contributed by atoms with van der Waals surface area (Å²) in [5, 5.41) is 0. The smallest absolute Gasteiger partial charge is 0.163 e. The molecule has 1 heterocycles. The van der Waals surface area contributed by atoms with E-state index in [1.807, 2.05) is 0 Å². The molecule has 0 N–H and O–H groups in total. The standard InChI is InChI=1S/C14H18FNO/c1-16-8-2-3-11(10-16)9-14(17)12-4-6-13(15)7-5-12/h4-7,11H,2-3,8-10H2,1H3. The Labute approximate surface area is 101 Å². The van der Waals surface area contributed by atoms with E-state index in [9.17, 15) is 9.18 Å². The second-order valence-electron chi connectivity index (χ2n) is 4.90. The number of hydrogen-bond acceptors (Lipinski definition) is 2. The molecule has 1 aliphatic heterocycles. The highest BCUT2D eigenvalue weighted by Gasteiger charge is 2.20. The topological polar surface area (TPSA) is 20.3 Å². The minimum Gasteiger partial charge on any atom is -0.306 e. The summed E-state index contributed by atoms with van der Waals surface area (Å²) < 4.78 is 12.7. The number of hydrogen-bond donors (Lipinski definition) is 0. The Morgan fingerprint density at radius 1 is 1.41 bits per heavy atom. The number of likely N-dealkylation sites (tertiary alicyclic amines) is 1. The highest BCUT2D eigenvalue weighted by Crippen LogP contribution is 2.20. The average molecular weight is 235 g/mol. The summed E-state index contributed by atoms with van der Waals surface area (Å²) in [7, 11) is 2.09. The Kier molecular flexibility index (Phi) is 3.89. The van der Waals surface area contributed by atoms with Crippen molar-refractivity contribution in [2.24, 2.45) is 5.92 Å². The zero-order valence-electron chi connectivity index (χ0n) is 10.2. The number of nitrogens with zero attached hydrogens (tertiary/aromatic N) is 1. The third-order valence-corrected chi connectivity index (χ3v) is 3.36. The fourth-order valence-corrected chi connectivity index (χ4v) is 2.46. The Bertz CT molecular complexity index is 388. The zero-order chi connectivity index (χ0) is 12.3. The summed E-state index contributed by atoms with van der Waals surface area (Å²) in [4.78, 5) is 14.3. The number of Topliss-reactive ketones (excluding diaryl/α,β-unsaturated/α-hetero) is 1. The molecular formula is C14H18FNO. The molecular weight excluding hydrogens is 217 g/mol. The van der Waals surface area contributed by atoms with Crippen molar-refractivity contribution in [2.75, 3.05) is 20.1 Å². The number of benzene rings is 1. The van der Waals surface area contributed by atoms with E-state index in [0.29, 0.717) is 17.9 Å². The molecule has 92 valence electrons. The van der Waals surface area contributed by atoms with Crippen molar-refractivity contribution in [3.8, 4) is 0 Å². The summed E-state index contributed by atoms with van der Waals surface area (Å²) in [6.45, 7) is 2.12. The van der Waals surface area contributed by atoms with Gasteiger partial charge in [-0.3, -0.25) is 4.79 Å². The average Bonchev–Trinajstić information content (AvgIpc) is 2.29. The first kappa shape index (κ1) is 12.2. The minimum atomic E-state index is -0.293.